The molecule has 3 heteroatoms. The summed E-state index contributed by atoms with van der Waals surface area (Å²) in [5.74, 6) is 6.17. The van der Waals surface area contributed by atoms with E-state index in [1.807, 2.05) is 42.5 Å². The van der Waals surface area contributed by atoms with Gasteiger partial charge in [-0.25, -0.2) is 4.79 Å². The maximum Gasteiger partial charge on any atom is 0.407 e. The third kappa shape index (κ3) is 6.58. The van der Waals surface area contributed by atoms with Gasteiger partial charge in [0.2, 0.25) is 0 Å². The summed E-state index contributed by atoms with van der Waals surface area (Å²) in [6.45, 7) is 2.93. The number of hydrogen-bond acceptors (Lipinski definition) is 2. The summed E-state index contributed by atoms with van der Waals surface area (Å²) in [7, 11) is 0. The SMILES string of the molecule is CCCc1ccc(C#CCCNC(=O)OCc2ccccc2)cc1. The molecule has 0 aliphatic heterocycles. The van der Waals surface area contributed by atoms with Gasteiger partial charge in [-0.3, -0.25) is 0 Å². The molecule has 0 spiro atoms. The number of amides is 1. The number of alkyl carbamates (subject to hydrolysis) is 1. The van der Waals surface area contributed by atoms with Crippen LogP contribution in [0.5, 0.6) is 0 Å². The second-order valence-corrected chi connectivity index (χ2v) is 5.49. The Labute approximate surface area is 144 Å². The first-order valence-electron chi connectivity index (χ1n) is 8.30. The summed E-state index contributed by atoms with van der Waals surface area (Å²) in [5.41, 5.74) is 3.31. The fraction of sp³-hybridized carbons (Fsp3) is 0.286. The average Bonchev–Trinajstić information content (AvgIpc) is 2.62. The van der Waals surface area contributed by atoms with Gasteiger partial charge in [-0.05, 0) is 29.7 Å². The van der Waals surface area contributed by atoms with E-state index in [-0.39, 0.29) is 6.61 Å². The minimum absolute atomic E-state index is 0.280. The van der Waals surface area contributed by atoms with E-state index in [1.165, 1.54) is 5.56 Å². The van der Waals surface area contributed by atoms with E-state index in [0.29, 0.717) is 13.0 Å². The summed E-state index contributed by atoms with van der Waals surface area (Å²) in [6, 6.07) is 17.9. The van der Waals surface area contributed by atoms with Gasteiger partial charge < -0.3 is 10.1 Å². The van der Waals surface area contributed by atoms with E-state index >= 15 is 0 Å². The fourth-order valence-electron chi connectivity index (χ4n) is 2.21. The molecule has 0 fully saturated rings. The molecule has 1 amide bonds. The molecule has 2 rings (SSSR count). The smallest absolute Gasteiger partial charge is 0.407 e. The number of nitrogens with one attached hydrogen (secondary N) is 1. The van der Waals surface area contributed by atoms with Crippen LogP contribution in [0.15, 0.2) is 54.6 Å². The number of benzene rings is 2. The molecule has 2 aromatic rings. The van der Waals surface area contributed by atoms with Crippen molar-refractivity contribution < 1.29 is 9.53 Å². The molecule has 0 radical (unpaired) electrons. The minimum atomic E-state index is -0.412. The maximum atomic E-state index is 11.6. The van der Waals surface area contributed by atoms with E-state index in [1.54, 1.807) is 0 Å². The molecule has 0 aliphatic rings. The lowest BCUT2D eigenvalue weighted by Crippen LogP contribution is -2.24. The molecule has 0 atom stereocenters. The van der Waals surface area contributed by atoms with Gasteiger partial charge in [0.1, 0.15) is 6.61 Å². The Morgan fingerprint density at radius 1 is 1.04 bits per heavy atom. The molecular weight excluding hydrogens is 298 g/mol. The van der Waals surface area contributed by atoms with E-state index in [0.717, 1.165) is 24.0 Å². The van der Waals surface area contributed by atoms with Gasteiger partial charge in [0.25, 0.3) is 0 Å². The predicted octanol–water partition coefficient (Wildman–Crippen LogP) is 4.31. The standard InChI is InChI=1S/C21H23NO2/c1-2-8-18-12-14-19(15-13-18)9-6-7-16-22-21(23)24-17-20-10-4-3-5-11-20/h3-5,10-15H,2,7-8,16-17H2,1H3,(H,22,23). The van der Waals surface area contributed by atoms with Gasteiger partial charge in [0.05, 0.1) is 0 Å². The van der Waals surface area contributed by atoms with Crippen molar-refractivity contribution in [3.63, 3.8) is 0 Å². The molecular formula is C21H23NO2. The Morgan fingerprint density at radius 2 is 1.79 bits per heavy atom. The zero-order chi connectivity index (χ0) is 17.0. The van der Waals surface area contributed by atoms with E-state index in [9.17, 15) is 4.79 Å². The monoisotopic (exact) mass is 321 g/mol. The van der Waals surface area contributed by atoms with Crippen molar-refractivity contribution in [2.45, 2.75) is 32.8 Å². The quantitative estimate of drug-likeness (QED) is 0.636. The summed E-state index contributed by atoms with van der Waals surface area (Å²) >= 11 is 0. The molecule has 2 aromatic carbocycles. The van der Waals surface area contributed by atoms with Crippen LogP contribution in [0.1, 0.15) is 36.5 Å². The van der Waals surface area contributed by atoms with Crippen molar-refractivity contribution >= 4 is 6.09 Å². The highest BCUT2D eigenvalue weighted by molar-refractivity contribution is 5.67. The molecule has 0 heterocycles. The van der Waals surface area contributed by atoms with E-state index in [2.05, 4.69) is 36.2 Å². The Hall–Kier alpha value is -2.73. The second-order valence-electron chi connectivity index (χ2n) is 5.49. The molecule has 24 heavy (non-hydrogen) atoms. The van der Waals surface area contributed by atoms with Gasteiger partial charge >= 0.3 is 6.09 Å². The molecule has 124 valence electrons. The van der Waals surface area contributed by atoms with Crippen LogP contribution in [0.25, 0.3) is 0 Å². The fourth-order valence-corrected chi connectivity index (χ4v) is 2.21. The van der Waals surface area contributed by atoms with Crippen molar-refractivity contribution in [2.24, 2.45) is 0 Å². The molecule has 0 saturated heterocycles. The van der Waals surface area contributed by atoms with E-state index < -0.39 is 6.09 Å². The number of carbonyl (C=O) groups is 1. The van der Waals surface area contributed by atoms with Gasteiger partial charge in [-0.1, -0.05) is 67.6 Å². The van der Waals surface area contributed by atoms with Crippen LogP contribution in [0.4, 0.5) is 4.79 Å². The van der Waals surface area contributed by atoms with Crippen LogP contribution < -0.4 is 5.32 Å². The van der Waals surface area contributed by atoms with Gasteiger partial charge in [0, 0.05) is 18.5 Å². The summed E-state index contributed by atoms with van der Waals surface area (Å²) in [5, 5.41) is 2.70. The lowest BCUT2D eigenvalue weighted by atomic mass is 10.1. The highest BCUT2D eigenvalue weighted by atomic mass is 16.5. The normalized spacial score (nSPS) is 9.71. The van der Waals surface area contributed by atoms with Crippen LogP contribution in [0, 0.1) is 11.8 Å². The van der Waals surface area contributed by atoms with Crippen LogP contribution in [0.3, 0.4) is 0 Å². The maximum absolute atomic E-state index is 11.6. The molecule has 0 bridgehead atoms. The van der Waals surface area contributed by atoms with Gasteiger partial charge in [-0.15, -0.1) is 0 Å². The second kappa shape index (κ2) is 10.1. The number of hydrogen-bond donors (Lipinski definition) is 1. The van der Waals surface area contributed by atoms with E-state index in [4.69, 9.17) is 4.74 Å². The van der Waals surface area contributed by atoms with Crippen LogP contribution in [-0.4, -0.2) is 12.6 Å². The molecule has 0 unspecified atom stereocenters. The number of carbonyl (C=O) groups excluding carboxylic acids is 1. The highest BCUT2D eigenvalue weighted by Gasteiger charge is 2.00. The molecule has 0 saturated carbocycles. The van der Waals surface area contributed by atoms with Crippen molar-refractivity contribution in [1.29, 1.82) is 0 Å². The molecule has 0 aromatic heterocycles. The van der Waals surface area contributed by atoms with Crippen LogP contribution in [-0.2, 0) is 17.8 Å². The average molecular weight is 321 g/mol. The first kappa shape index (κ1) is 17.6. The van der Waals surface area contributed by atoms with Crippen molar-refractivity contribution in [1.82, 2.24) is 5.32 Å². The van der Waals surface area contributed by atoms with Crippen molar-refractivity contribution in [2.75, 3.05) is 6.54 Å². The van der Waals surface area contributed by atoms with Gasteiger partial charge in [0.15, 0.2) is 0 Å². The molecule has 1 N–H and O–H groups in total. The van der Waals surface area contributed by atoms with Crippen LogP contribution >= 0.6 is 0 Å². The van der Waals surface area contributed by atoms with Crippen molar-refractivity contribution in [3.05, 3.63) is 71.3 Å². The molecule has 3 nitrogen and oxygen atoms in total. The Kier molecular flexibility index (Phi) is 7.43. The first-order valence-corrected chi connectivity index (χ1v) is 8.30. The first-order chi connectivity index (χ1) is 11.8. The Bertz CT molecular complexity index is 681. The number of rotatable bonds is 6. The van der Waals surface area contributed by atoms with Crippen LogP contribution in [0.2, 0.25) is 0 Å². The largest absolute Gasteiger partial charge is 0.445 e. The summed E-state index contributed by atoms with van der Waals surface area (Å²) < 4.78 is 5.13. The lowest BCUT2D eigenvalue weighted by molar-refractivity contribution is 0.140. The number of aryl methyl sites for hydroxylation is 1. The molecule has 0 aliphatic carbocycles. The summed E-state index contributed by atoms with van der Waals surface area (Å²) in [6.07, 6.45) is 2.43. The third-order valence-electron chi connectivity index (χ3n) is 3.46. The highest BCUT2D eigenvalue weighted by Crippen LogP contribution is 2.05. The Morgan fingerprint density at radius 3 is 2.50 bits per heavy atom. The third-order valence-corrected chi connectivity index (χ3v) is 3.46. The zero-order valence-corrected chi connectivity index (χ0v) is 14.0. The minimum Gasteiger partial charge on any atom is -0.445 e. The zero-order valence-electron chi connectivity index (χ0n) is 14.0. The topological polar surface area (TPSA) is 38.3 Å². The summed E-state index contributed by atoms with van der Waals surface area (Å²) in [4.78, 5) is 11.6. The predicted molar refractivity (Wildman–Crippen MR) is 96.6 cm³/mol. The van der Waals surface area contributed by atoms with Gasteiger partial charge in [-0.2, -0.15) is 0 Å². The van der Waals surface area contributed by atoms with Crippen molar-refractivity contribution in [3.8, 4) is 11.8 Å². The lowest BCUT2D eigenvalue weighted by Gasteiger charge is -2.05. The number of ether oxygens (including phenoxy) is 1. The Balaban J connectivity index is 1.64.